The molecule has 1 amide bonds. The number of hydrogen-bond donors (Lipinski definition) is 2. The van der Waals surface area contributed by atoms with Gasteiger partial charge in [-0.15, -0.1) is 11.8 Å². The molecule has 0 fully saturated rings. The third-order valence-electron chi connectivity index (χ3n) is 5.46. The van der Waals surface area contributed by atoms with E-state index < -0.39 is 5.92 Å². The zero-order chi connectivity index (χ0) is 23.9. The molecule has 0 saturated heterocycles. The number of aromatic nitrogens is 1. The number of nitriles is 1. The molecule has 0 saturated carbocycles. The van der Waals surface area contributed by atoms with E-state index in [-0.39, 0.29) is 5.91 Å². The van der Waals surface area contributed by atoms with Gasteiger partial charge in [-0.25, -0.2) is 0 Å². The van der Waals surface area contributed by atoms with Crippen molar-refractivity contribution in [3.63, 3.8) is 0 Å². The van der Waals surface area contributed by atoms with Crippen molar-refractivity contribution in [3.8, 4) is 11.8 Å². The van der Waals surface area contributed by atoms with Gasteiger partial charge in [0.1, 0.15) is 5.75 Å². The molecule has 1 aliphatic heterocycles. The van der Waals surface area contributed by atoms with Gasteiger partial charge in [-0.1, -0.05) is 36.4 Å². The molecule has 0 bridgehead atoms. The number of carbonyl (C=O) groups excluding carboxylic acids is 1. The molecule has 3 aromatic rings. The van der Waals surface area contributed by atoms with Crippen LogP contribution in [-0.2, 0) is 10.5 Å². The summed E-state index contributed by atoms with van der Waals surface area (Å²) >= 11 is 1.53. The van der Waals surface area contributed by atoms with Gasteiger partial charge in [0.05, 0.1) is 29.7 Å². The van der Waals surface area contributed by atoms with E-state index in [0.717, 1.165) is 21.9 Å². The average molecular weight is 469 g/mol. The largest absolute Gasteiger partial charge is 0.497 e. The van der Waals surface area contributed by atoms with Crippen molar-refractivity contribution in [2.45, 2.75) is 18.6 Å². The third kappa shape index (κ3) is 5.13. The molecule has 2 aromatic carbocycles. The molecule has 0 spiro atoms. The maximum atomic E-state index is 13.4. The van der Waals surface area contributed by atoms with Crippen LogP contribution in [0.15, 0.2) is 101 Å². The predicted molar refractivity (Wildman–Crippen MR) is 135 cm³/mol. The number of benzene rings is 2. The standard InChI is InChI=1S/C27H24N4O2S/c1-18-24(26(32)31-21-10-4-3-5-11-21)25(20-9-7-13-29-16-20)23(15-28)27(30-18)34-17-19-8-6-12-22(14-19)33-2/h3-14,16,25,30H,17H2,1-2H3,(H,31,32)/t25-/m0/s1. The average Bonchev–Trinajstić information content (AvgIpc) is 2.88. The second kappa shape index (κ2) is 10.7. The summed E-state index contributed by atoms with van der Waals surface area (Å²) < 4.78 is 5.32. The highest BCUT2D eigenvalue weighted by molar-refractivity contribution is 8.02. The number of hydrogen-bond acceptors (Lipinski definition) is 6. The Morgan fingerprint density at radius 2 is 2.00 bits per heavy atom. The fourth-order valence-electron chi connectivity index (χ4n) is 3.85. The maximum absolute atomic E-state index is 13.4. The minimum Gasteiger partial charge on any atom is -0.497 e. The Morgan fingerprint density at radius 3 is 2.71 bits per heavy atom. The summed E-state index contributed by atoms with van der Waals surface area (Å²) in [7, 11) is 1.64. The van der Waals surface area contributed by atoms with Crippen molar-refractivity contribution in [1.82, 2.24) is 10.3 Å². The van der Waals surface area contributed by atoms with Crippen LogP contribution in [0.1, 0.15) is 24.0 Å². The molecule has 34 heavy (non-hydrogen) atoms. The number of ether oxygens (including phenoxy) is 1. The molecule has 6 nitrogen and oxygen atoms in total. The van der Waals surface area contributed by atoms with E-state index in [9.17, 15) is 10.1 Å². The number of pyridine rings is 1. The Balaban J connectivity index is 1.68. The molecule has 1 atom stereocenters. The Hall–Kier alpha value is -4.02. The van der Waals surface area contributed by atoms with Gasteiger partial charge in [0, 0.05) is 35.1 Å². The quantitative estimate of drug-likeness (QED) is 0.486. The summed E-state index contributed by atoms with van der Waals surface area (Å²) in [5.41, 5.74) is 4.25. The molecular weight excluding hydrogens is 444 g/mol. The molecule has 0 unspecified atom stereocenters. The number of anilines is 1. The second-order valence-electron chi connectivity index (χ2n) is 7.70. The number of methoxy groups -OCH3 is 1. The van der Waals surface area contributed by atoms with Crippen LogP contribution in [-0.4, -0.2) is 18.0 Å². The van der Waals surface area contributed by atoms with Crippen LogP contribution in [0.5, 0.6) is 5.75 Å². The van der Waals surface area contributed by atoms with E-state index in [1.54, 1.807) is 19.5 Å². The number of nitrogens with one attached hydrogen (secondary N) is 2. The summed E-state index contributed by atoms with van der Waals surface area (Å²) in [5.74, 6) is 0.642. The first-order valence-electron chi connectivity index (χ1n) is 10.7. The molecular formula is C27H24N4O2S. The molecule has 0 radical (unpaired) electrons. The van der Waals surface area contributed by atoms with Gasteiger partial charge < -0.3 is 15.4 Å². The molecule has 4 rings (SSSR count). The van der Waals surface area contributed by atoms with Gasteiger partial charge in [0.25, 0.3) is 5.91 Å². The predicted octanol–water partition coefficient (Wildman–Crippen LogP) is 5.36. The van der Waals surface area contributed by atoms with Crippen LogP contribution in [0.2, 0.25) is 0 Å². The summed E-state index contributed by atoms with van der Waals surface area (Å²) in [6, 6.07) is 23.2. The van der Waals surface area contributed by atoms with Crippen molar-refractivity contribution in [3.05, 3.63) is 112 Å². The van der Waals surface area contributed by atoms with Gasteiger partial charge in [0.2, 0.25) is 0 Å². The Labute approximate surface area is 203 Å². The number of para-hydroxylation sites is 1. The maximum Gasteiger partial charge on any atom is 0.254 e. The number of carbonyl (C=O) groups is 1. The summed E-state index contributed by atoms with van der Waals surface area (Å²) in [6.45, 7) is 1.86. The minimum atomic E-state index is -0.531. The normalized spacial score (nSPS) is 15.4. The first kappa shape index (κ1) is 23.1. The van der Waals surface area contributed by atoms with E-state index >= 15 is 0 Å². The highest BCUT2D eigenvalue weighted by atomic mass is 32.2. The Bertz CT molecular complexity index is 1280. The monoisotopic (exact) mass is 468 g/mol. The molecule has 170 valence electrons. The molecule has 2 N–H and O–H groups in total. The van der Waals surface area contributed by atoms with Crippen molar-refractivity contribution in [2.75, 3.05) is 12.4 Å². The van der Waals surface area contributed by atoms with Gasteiger partial charge in [-0.05, 0) is 48.4 Å². The zero-order valence-electron chi connectivity index (χ0n) is 18.9. The van der Waals surface area contributed by atoms with Gasteiger partial charge in [0.15, 0.2) is 0 Å². The number of allylic oxidation sites excluding steroid dienone is 2. The SMILES string of the molecule is COc1cccc(CSC2=C(C#N)[C@H](c3cccnc3)C(C(=O)Nc3ccccc3)=C(C)N2)c1. The van der Waals surface area contributed by atoms with Crippen LogP contribution < -0.4 is 15.4 Å². The topological polar surface area (TPSA) is 87.0 Å². The molecule has 0 aliphatic carbocycles. The lowest BCUT2D eigenvalue weighted by atomic mass is 9.83. The lowest BCUT2D eigenvalue weighted by Gasteiger charge is -2.29. The molecule has 1 aliphatic rings. The van der Waals surface area contributed by atoms with Crippen LogP contribution in [0.3, 0.4) is 0 Å². The highest BCUT2D eigenvalue weighted by Crippen LogP contribution is 2.41. The van der Waals surface area contributed by atoms with E-state index in [1.807, 2.05) is 73.7 Å². The molecule has 1 aromatic heterocycles. The van der Waals surface area contributed by atoms with Crippen LogP contribution in [0.4, 0.5) is 5.69 Å². The van der Waals surface area contributed by atoms with Gasteiger partial charge in [-0.3, -0.25) is 9.78 Å². The molecule has 7 heteroatoms. The van der Waals surface area contributed by atoms with E-state index in [2.05, 4.69) is 21.7 Å². The number of rotatable bonds is 7. The van der Waals surface area contributed by atoms with Crippen molar-refractivity contribution >= 4 is 23.4 Å². The summed E-state index contributed by atoms with van der Waals surface area (Å²) in [6.07, 6.45) is 3.39. The van der Waals surface area contributed by atoms with Crippen LogP contribution in [0.25, 0.3) is 0 Å². The van der Waals surface area contributed by atoms with Crippen molar-refractivity contribution < 1.29 is 9.53 Å². The fraction of sp³-hybridized carbons (Fsp3) is 0.148. The highest BCUT2D eigenvalue weighted by Gasteiger charge is 2.34. The van der Waals surface area contributed by atoms with Gasteiger partial charge in [-0.2, -0.15) is 5.26 Å². The number of thioether (sulfide) groups is 1. The lowest BCUT2D eigenvalue weighted by Crippen LogP contribution is -2.30. The first-order chi connectivity index (χ1) is 16.6. The van der Waals surface area contributed by atoms with E-state index in [0.29, 0.717) is 28.3 Å². The lowest BCUT2D eigenvalue weighted by molar-refractivity contribution is -0.113. The van der Waals surface area contributed by atoms with Gasteiger partial charge >= 0.3 is 0 Å². The van der Waals surface area contributed by atoms with Crippen LogP contribution in [0, 0.1) is 11.3 Å². The minimum absolute atomic E-state index is 0.255. The Morgan fingerprint density at radius 1 is 1.18 bits per heavy atom. The summed E-state index contributed by atoms with van der Waals surface area (Å²) in [4.78, 5) is 17.6. The van der Waals surface area contributed by atoms with Crippen molar-refractivity contribution in [2.24, 2.45) is 0 Å². The number of nitrogens with zero attached hydrogens (tertiary/aromatic N) is 2. The first-order valence-corrected chi connectivity index (χ1v) is 11.7. The number of amides is 1. The second-order valence-corrected chi connectivity index (χ2v) is 8.68. The smallest absolute Gasteiger partial charge is 0.254 e. The summed E-state index contributed by atoms with van der Waals surface area (Å²) in [5, 5.41) is 17.2. The molecule has 2 heterocycles. The zero-order valence-corrected chi connectivity index (χ0v) is 19.7. The van der Waals surface area contributed by atoms with E-state index in [1.165, 1.54) is 11.8 Å². The number of dihydropyridines is 1. The van der Waals surface area contributed by atoms with Crippen molar-refractivity contribution in [1.29, 1.82) is 5.26 Å². The Kier molecular flexibility index (Phi) is 7.31. The third-order valence-corrected chi connectivity index (χ3v) is 6.55. The fourth-order valence-corrected chi connectivity index (χ4v) is 4.88. The van der Waals surface area contributed by atoms with Crippen LogP contribution >= 0.6 is 11.8 Å². The van der Waals surface area contributed by atoms with E-state index in [4.69, 9.17) is 4.74 Å².